The van der Waals surface area contributed by atoms with E-state index < -0.39 is 65.2 Å². The lowest BCUT2D eigenvalue weighted by atomic mass is 10.1. The number of halogens is 3. The number of benzene rings is 1. The van der Waals surface area contributed by atoms with Gasteiger partial charge in [0.25, 0.3) is 0 Å². The summed E-state index contributed by atoms with van der Waals surface area (Å²) in [5.74, 6) is -6.76. The number of carbonyl (C=O) groups excluding carboxylic acids is 1. The normalized spacial score (nSPS) is 25.7. The number of carbonyl (C=O) groups is 1. The number of rotatable bonds is 17. The van der Waals surface area contributed by atoms with Gasteiger partial charge in [0.05, 0.1) is 6.42 Å². The third kappa shape index (κ3) is 8.88. The highest BCUT2D eigenvalue weighted by Gasteiger charge is 2.64. The predicted octanol–water partition coefficient (Wildman–Crippen LogP) is 5.31. The van der Waals surface area contributed by atoms with Crippen molar-refractivity contribution in [1.29, 1.82) is 0 Å². The minimum atomic E-state index is -1.40. The highest BCUT2D eigenvalue weighted by atomic mass is 19.2. The van der Waals surface area contributed by atoms with Crippen LogP contribution in [-0.4, -0.2) is 60.7 Å². The maximum absolute atomic E-state index is 13.9. The number of hydrogen-bond donors (Lipinski definition) is 2. The summed E-state index contributed by atoms with van der Waals surface area (Å²) in [6.45, 7) is 6.04. The number of fused-ring (bicyclic) bond motifs is 1. The first kappa shape index (κ1) is 31.8. The summed E-state index contributed by atoms with van der Waals surface area (Å²) in [6.07, 6.45) is 8.56. The molecule has 1 aromatic rings. The van der Waals surface area contributed by atoms with Crippen molar-refractivity contribution in [1.82, 2.24) is 5.32 Å². The second-order valence-corrected chi connectivity index (χ2v) is 11.0. The van der Waals surface area contributed by atoms with Crippen LogP contribution in [-0.2, 0) is 30.2 Å². The van der Waals surface area contributed by atoms with Gasteiger partial charge < -0.3 is 29.4 Å². The third-order valence-electron chi connectivity index (χ3n) is 7.23. The van der Waals surface area contributed by atoms with Gasteiger partial charge in [-0.2, -0.15) is 0 Å². The van der Waals surface area contributed by atoms with Crippen LogP contribution in [0.15, 0.2) is 12.1 Å². The molecule has 2 N–H and O–H groups in total. The molecular formula is C29H44F3NO6. The van der Waals surface area contributed by atoms with Crippen molar-refractivity contribution >= 4 is 5.91 Å². The Labute approximate surface area is 229 Å². The van der Waals surface area contributed by atoms with Gasteiger partial charge in [0.2, 0.25) is 11.7 Å². The van der Waals surface area contributed by atoms with Gasteiger partial charge >= 0.3 is 0 Å². The molecule has 222 valence electrons. The number of ether oxygens (including phenoxy) is 4. The molecule has 2 fully saturated rings. The maximum Gasteiger partial charge on any atom is 0.224 e. The molecule has 1 amide bonds. The molecular weight excluding hydrogens is 515 g/mol. The first-order chi connectivity index (χ1) is 18.6. The Kier molecular flexibility index (Phi) is 12.1. The van der Waals surface area contributed by atoms with Gasteiger partial charge in [0.1, 0.15) is 30.7 Å². The van der Waals surface area contributed by atoms with E-state index in [9.17, 15) is 23.1 Å². The Morgan fingerprint density at radius 3 is 2.26 bits per heavy atom. The smallest absolute Gasteiger partial charge is 0.224 e. The quantitative estimate of drug-likeness (QED) is 0.199. The summed E-state index contributed by atoms with van der Waals surface area (Å²) in [6, 6.07) is 1.43. The van der Waals surface area contributed by atoms with Crippen molar-refractivity contribution in [3.8, 4) is 0 Å². The van der Waals surface area contributed by atoms with E-state index in [0.717, 1.165) is 25.3 Å². The van der Waals surface area contributed by atoms with Crippen molar-refractivity contribution in [2.45, 2.75) is 121 Å². The topological polar surface area (TPSA) is 86.3 Å². The van der Waals surface area contributed by atoms with Crippen LogP contribution in [0.2, 0.25) is 0 Å². The fourth-order valence-electron chi connectivity index (χ4n) is 5.22. The van der Waals surface area contributed by atoms with Gasteiger partial charge in [-0.15, -0.1) is 0 Å². The number of aliphatic hydroxyl groups excluding tert-OH is 1. The first-order valence-electron chi connectivity index (χ1n) is 14.3. The molecule has 3 rings (SSSR count). The number of unbranched alkanes of at least 4 members (excludes halogenated alkanes) is 9. The molecule has 0 bridgehead atoms. The average molecular weight is 560 g/mol. The number of amides is 1. The van der Waals surface area contributed by atoms with E-state index in [-0.39, 0.29) is 13.2 Å². The fraction of sp³-hybridized carbons (Fsp3) is 0.759. The molecule has 7 nitrogen and oxygen atoms in total. The van der Waals surface area contributed by atoms with Crippen LogP contribution in [0.5, 0.6) is 0 Å². The van der Waals surface area contributed by atoms with E-state index in [1.54, 1.807) is 13.8 Å². The van der Waals surface area contributed by atoms with Gasteiger partial charge in [-0.05, 0) is 32.4 Å². The molecule has 0 spiro atoms. The lowest BCUT2D eigenvalue weighted by Crippen LogP contribution is -2.45. The Morgan fingerprint density at radius 2 is 1.59 bits per heavy atom. The van der Waals surface area contributed by atoms with Gasteiger partial charge in [0, 0.05) is 18.7 Å². The van der Waals surface area contributed by atoms with E-state index in [0.29, 0.717) is 12.7 Å². The molecule has 4 atom stereocenters. The zero-order valence-electron chi connectivity index (χ0n) is 23.4. The summed E-state index contributed by atoms with van der Waals surface area (Å²) >= 11 is 0. The molecule has 10 heteroatoms. The Bertz CT molecular complexity index is 933. The summed E-state index contributed by atoms with van der Waals surface area (Å²) in [4.78, 5) is 12.3. The molecule has 2 aliphatic heterocycles. The van der Waals surface area contributed by atoms with E-state index in [1.165, 1.54) is 44.9 Å². The van der Waals surface area contributed by atoms with Gasteiger partial charge in [-0.25, -0.2) is 13.2 Å². The lowest BCUT2D eigenvalue weighted by Gasteiger charge is -2.28. The van der Waals surface area contributed by atoms with E-state index in [1.807, 2.05) is 0 Å². The second-order valence-electron chi connectivity index (χ2n) is 11.0. The first-order valence-corrected chi connectivity index (χ1v) is 14.3. The molecule has 0 radical (unpaired) electrons. The largest absolute Gasteiger partial charge is 0.387 e. The number of hydrogen-bond acceptors (Lipinski definition) is 6. The van der Waals surface area contributed by atoms with E-state index in [4.69, 9.17) is 18.9 Å². The zero-order valence-corrected chi connectivity index (χ0v) is 23.4. The van der Waals surface area contributed by atoms with Crippen LogP contribution >= 0.6 is 0 Å². The molecule has 2 heterocycles. The highest BCUT2D eigenvalue weighted by molar-refractivity contribution is 5.78. The van der Waals surface area contributed by atoms with Crippen LogP contribution in [0, 0.1) is 17.5 Å². The molecule has 0 aromatic heterocycles. The van der Waals surface area contributed by atoms with E-state index in [2.05, 4.69) is 12.2 Å². The average Bonchev–Trinajstić information content (AvgIpc) is 3.30. The lowest BCUT2D eigenvalue weighted by molar-refractivity contribution is -0.277. The summed E-state index contributed by atoms with van der Waals surface area (Å²) < 4.78 is 65.0. The molecule has 39 heavy (non-hydrogen) atoms. The van der Waals surface area contributed by atoms with Crippen molar-refractivity contribution in [3.05, 3.63) is 35.1 Å². The van der Waals surface area contributed by atoms with Crippen molar-refractivity contribution in [2.24, 2.45) is 0 Å². The molecule has 0 unspecified atom stereocenters. The number of aliphatic hydroxyl groups is 1. The van der Waals surface area contributed by atoms with Gasteiger partial charge in [-0.1, -0.05) is 64.7 Å². The van der Waals surface area contributed by atoms with Gasteiger partial charge in [-0.3, -0.25) is 4.79 Å². The summed E-state index contributed by atoms with van der Waals surface area (Å²) in [5.41, 5.74) is -0.664. The van der Waals surface area contributed by atoms with Gasteiger partial charge in [0.15, 0.2) is 17.4 Å². The standard InChI is InChI=1S/C29H44F3NO6/c1-4-5-6-7-8-9-10-11-12-13-16-36-19-29-27(38-28(2,3)39-29)26(35)23(37-29)18-33-24(34)17-20-21(30)14-15-22(31)25(20)32/h14-15,23,26-27,35H,4-13,16-19H2,1-3H3,(H,33,34)/t23-,26+,27-,29-/m0/s1. The van der Waals surface area contributed by atoms with Crippen molar-refractivity contribution < 1.29 is 42.0 Å². The van der Waals surface area contributed by atoms with Crippen LogP contribution in [0.1, 0.15) is 90.5 Å². The molecule has 2 saturated heterocycles. The third-order valence-corrected chi connectivity index (χ3v) is 7.23. The summed E-state index contributed by atoms with van der Waals surface area (Å²) in [5, 5.41) is 13.4. The molecule has 2 aliphatic rings. The Hall–Kier alpha value is -1.72. The second kappa shape index (κ2) is 14.8. The van der Waals surface area contributed by atoms with Crippen LogP contribution < -0.4 is 5.32 Å². The molecule has 1 aromatic carbocycles. The Balaban J connectivity index is 1.42. The van der Waals surface area contributed by atoms with Crippen LogP contribution in [0.3, 0.4) is 0 Å². The zero-order chi connectivity index (χ0) is 28.5. The number of nitrogens with one attached hydrogen (secondary N) is 1. The minimum Gasteiger partial charge on any atom is -0.387 e. The van der Waals surface area contributed by atoms with Crippen molar-refractivity contribution in [3.63, 3.8) is 0 Å². The van der Waals surface area contributed by atoms with Crippen molar-refractivity contribution in [2.75, 3.05) is 19.8 Å². The highest BCUT2D eigenvalue weighted by Crippen LogP contribution is 2.45. The minimum absolute atomic E-state index is 0.0414. The predicted molar refractivity (Wildman–Crippen MR) is 139 cm³/mol. The monoisotopic (exact) mass is 559 g/mol. The molecule has 0 saturated carbocycles. The van der Waals surface area contributed by atoms with Crippen LogP contribution in [0.4, 0.5) is 13.2 Å². The molecule has 0 aliphatic carbocycles. The maximum atomic E-state index is 13.9. The fourth-order valence-corrected chi connectivity index (χ4v) is 5.22. The van der Waals surface area contributed by atoms with Crippen LogP contribution in [0.25, 0.3) is 0 Å². The Morgan fingerprint density at radius 1 is 0.974 bits per heavy atom. The summed E-state index contributed by atoms with van der Waals surface area (Å²) in [7, 11) is 0. The van der Waals surface area contributed by atoms with E-state index >= 15 is 0 Å². The SMILES string of the molecule is CCCCCCCCCCCCOC[C@@]12O[C@@H](CNC(=O)Cc3c(F)ccc(F)c3F)[C@@H](O)[C@@H]1OC(C)(C)O2.